The average Bonchev–Trinajstić information content (AvgIpc) is 3.41. The summed E-state index contributed by atoms with van der Waals surface area (Å²) in [5.74, 6) is 2.78. The van der Waals surface area contributed by atoms with E-state index in [1.54, 1.807) is 0 Å². The maximum Gasteiger partial charge on any atom is 0.194 e. The number of ether oxygens (including phenoxy) is 1. The summed E-state index contributed by atoms with van der Waals surface area (Å²) in [5, 5.41) is 12.0. The van der Waals surface area contributed by atoms with Crippen molar-refractivity contribution in [1.29, 1.82) is 0 Å². The average molecular weight is 378 g/mol. The van der Waals surface area contributed by atoms with E-state index < -0.39 is 0 Å². The van der Waals surface area contributed by atoms with Crippen molar-refractivity contribution in [2.45, 2.75) is 58.7 Å². The van der Waals surface area contributed by atoms with Crippen LogP contribution in [0.5, 0.6) is 0 Å². The second-order valence-electron chi connectivity index (χ2n) is 7.49. The number of likely N-dealkylation sites (tertiary alicyclic amines) is 1. The molecule has 8 nitrogen and oxygen atoms in total. The molecule has 0 spiro atoms. The summed E-state index contributed by atoms with van der Waals surface area (Å²) in [6.07, 6.45) is 3.77. The van der Waals surface area contributed by atoms with E-state index in [0.29, 0.717) is 18.7 Å². The van der Waals surface area contributed by atoms with Gasteiger partial charge in [0.1, 0.15) is 12.4 Å². The molecule has 27 heavy (non-hydrogen) atoms. The second kappa shape index (κ2) is 9.50. The Bertz CT molecular complexity index is 620. The molecule has 2 aliphatic rings. The normalized spacial score (nSPS) is 23.6. The van der Waals surface area contributed by atoms with Crippen LogP contribution in [0.15, 0.2) is 4.99 Å². The molecule has 0 aliphatic carbocycles. The largest absolute Gasteiger partial charge is 0.376 e. The lowest BCUT2D eigenvalue weighted by atomic mass is 10.2. The molecular weight excluding hydrogens is 342 g/mol. The molecule has 2 aliphatic heterocycles. The summed E-state index contributed by atoms with van der Waals surface area (Å²) < 4.78 is 7.78. The number of rotatable bonds is 7. The van der Waals surface area contributed by atoms with Crippen molar-refractivity contribution in [3.05, 3.63) is 11.6 Å². The molecule has 2 unspecified atom stereocenters. The number of aromatic nitrogens is 3. The Morgan fingerprint density at radius 2 is 2.11 bits per heavy atom. The van der Waals surface area contributed by atoms with E-state index in [2.05, 4.69) is 39.2 Å². The van der Waals surface area contributed by atoms with E-state index in [-0.39, 0.29) is 0 Å². The quantitative estimate of drug-likeness (QED) is 0.568. The van der Waals surface area contributed by atoms with Gasteiger partial charge in [0.2, 0.25) is 0 Å². The van der Waals surface area contributed by atoms with Crippen molar-refractivity contribution in [1.82, 2.24) is 29.9 Å². The van der Waals surface area contributed by atoms with E-state index in [1.165, 1.54) is 6.42 Å². The smallest absolute Gasteiger partial charge is 0.194 e. The molecule has 0 radical (unpaired) electrons. The minimum absolute atomic E-state index is 0.299. The molecule has 3 heterocycles. The lowest BCUT2D eigenvalue weighted by molar-refractivity contribution is 0.113. The fraction of sp³-hybridized carbons (Fsp3) is 0.842. The van der Waals surface area contributed by atoms with Gasteiger partial charge in [-0.3, -0.25) is 4.90 Å². The molecule has 2 saturated heterocycles. The van der Waals surface area contributed by atoms with Crippen LogP contribution in [-0.4, -0.2) is 82.0 Å². The Kier molecular flexibility index (Phi) is 7.07. The number of hydrogen-bond acceptors (Lipinski definition) is 5. The minimum Gasteiger partial charge on any atom is -0.376 e. The van der Waals surface area contributed by atoms with E-state index in [0.717, 1.165) is 69.8 Å². The Balaban J connectivity index is 1.67. The Labute approximate surface area is 163 Å². The van der Waals surface area contributed by atoms with Crippen molar-refractivity contribution in [2.24, 2.45) is 12.0 Å². The van der Waals surface area contributed by atoms with Crippen LogP contribution in [0.4, 0.5) is 0 Å². The van der Waals surface area contributed by atoms with Gasteiger partial charge < -0.3 is 19.5 Å². The number of aliphatic imine (C=N–C) groups is 1. The molecule has 3 rings (SSSR count). The summed E-state index contributed by atoms with van der Waals surface area (Å²) in [4.78, 5) is 9.83. The van der Waals surface area contributed by atoms with Gasteiger partial charge in [0.15, 0.2) is 11.8 Å². The van der Waals surface area contributed by atoms with Crippen LogP contribution in [0.25, 0.3) is 0 Å². The van der Waals surface area contributed by atoms with E-state index in [9.17, 15) is 0 Å². The van der Waals surface area contributed by atoms with Crippen molar-refractivity contribution in [2.75, 3.05) is 39.3 Å². The number of aryl methyl sites for hydroxylation is 1. The molecule has 1 aromatic rings. The molecule has 8 heteroatoms. The monoisotopic (exact) mass is 377 g/mol. The van der Waals surface area contributed by atoms with Crippen LogP contribution in [0.1, 0.15) is 44.8 Å². The first-order chi connectivity index (χ1) is 13.1. The summed E-state index contributed by atoms with van der Waals surface area (Å²) in [6, 6.07) is 0.604. The van der Waals surface area contributed by atoms with Gasteiger partial charge in [-0.05, 0) is 39.3 Å². The highest BCUT2D eigenvalue weighted by Gasteiger charge is 2.28. The summed E-state index contributed by atoms with van der Waals surface area (Å²) in [6.45, 7) is 13.0. The van der Waals surface area contributed by atoms with Crippen LogP contribution < -0.4 is 5.32 Å². The van der Waals surface area contributed by atoms with E-state index in [4.69, 9.17) is 9.73 Å². The van der Waals surface area contributed by atoms with E-state index in [1.807, 2.05) is 18.5 Å². The Hall–Kier alpha value is -1.67. The van der Waals surface area contributed by atoms with Gasteiger partial charge in [-0.25, -0.2) is 4.99 Å². The summed E-state index contributed by atoms with van der Waals surface area (Å²) in [7, 11) is 1.99. The fourth-order valence-electron chi connectivity index (χ4n) is 3.98. The summed E-state index contributed by atoms with van der Waals surface area (Å²) >= 11 is 0. The minimum atomic E-state index is 0.299. The zero-order valence-corrected chi connectivity index (χ0v) is 17.3. The van der Waals surface area contributed by atoms with Crippen molar-refractivity contribution in [3.8, 4) is 0 Å². The van der Waals surface area contributed by atoms with Crippen molar-refractivity contribution >= 4 is 5.96 Å². The van der Waals surface area contributed by atoms with Crippen LogP contribution in [0.2, 0.25) is 0 Å². The standard InChI is InChI=1S/C19H35N7O/c1-5-25(6-2)16-9-10-26(14-16)19(20-12-17-8-7-11-27-17)21-13-18-23-22-15(3)24(18)4/h16-17H,5-14H2,1-4H3,(H,20,21). The van der Waals surface area contributed by atoms with Crippen LogP contribution in [-0.2, 0) is 18.3 Å². The van der Waals surface area contributed by atoms with Crippen LogP contribution >= 0.6 is 0 Å². The highest BCUT2D eigenvalue weighted by Crippen LogP contribution is 2.17. The lowest BCUT2D eigenvalue weighted by Crippen LogP contribution is -2.45. The Morgan fingerprint density at radius 1 is 1.30 bits per heavy atom. The zero-order valence-electron chi connectivity index (χ0n) is 17.3. The molecule has 1 aromatic heterocycles. The van der Waals surface area contributed by atoms with Gasteiger partial charge in [0, 0.05) is 39.3 Å². The van der Waals surface area contributed by atoms with Crippen molar-refractivity contribution in [3.63, 3.8) is 0 Å². The maximum atomic E-state index is 5.77. The molecule has 2 atom stereocenters. The SMILES string of the molecule is CCN(CC)C1CCN(C(=NCc2nnc(C)n2C)NCC2CCCO2)C1. The highest BCUT2D eigenvalue weighted by molar-refractivity contribution is 5.80. The first-order valence-electron chi connectivity index (χ1n) is 10.4. The highest BCUT2D eigenvalue weighted by atomic mass is 16.5. The topological polar surface area (TPSA) is 70.8 Å². The molecule has 0 saturated carbocycles. The molecule has 0 aromatic carbocycles. The van der Waals surface area contributed by atoms with Gasteiger partial charge in [-0.2, -0.15) is 0 Å². The number of hydrogen-bond donors (Lipinski definition) is 1. The first kappa shape index (κ1) is 20.1. The Morgan fingerprint density at radius 3 is 2.74 bits per heavy atom. The zero-order chi connectivity index (χ0) is 19.2. The molecule has 152 valence electrons. The van der Waals surface area contributed by atoms with Crippen molar-refractivity contribution < 1.29 is 4.74 Å². The maximum absolute atomic E-state index is 5.77. The van der Waals surface area contributed by atoms with Gasteiger partial charge in [0.05, 0.1) is 6.10 Å². The second-order valence-corrected chi connectivity index (χ2v) is 7.49. The third kappa shape index (κ3) is 4.99. The molecule has 2 fully saturated rings. The lowest BCUT2D eigenvalue weighted by Gasteiger charge is -2.27. The predicted octanol–water partition coefficient (Wildman–Crippen LogP) is 1.16. The van der Waals surface area contributed by atoms with E-state index >= 15 is 0 Å². The van der Waals surface area contributed by atoms with Gasteiger partial charge in [-0.1, -0.05) is 13.8 Å². The molecule has 0 bridgehead atoms. The molecule has 1 N–H and O–H groups in total. The van der Waals surface area contributed by atoms with Gasteiger partial charge >= 0.3 is 0 Å². The summed E-state index contributed by atoms with van der Waals surface area (Å²) in [5.41, 5.74) is 0. The molecule has 0 amide bonds. The number of likely N-dealkylation sites (N-methyl/N-ethyl adjacent to an activating group) is 1. The molecular formula is C19H35N7O. The van der Waals surface area contributed by atoms with Gasteiger partial charge in [-0.15, -0.1) is 10.2 Å². The van der Waals surface area contributed by atoms with Crippen LogP contribution in [0, 0.1) is 6.92 Å². The fourth-order valence-corrected chi connectivity index (χ4v) is 3.98. The third-order valence-electron chi connectivity index (χ3n) is 5.86. The number of nitrogens with zero attached hydrogens (tertiary/aromatic N) is 6. The third-order valence-corrected chi connectivity index (χ3v) is 5.86. The number of guanidine groups is 1. The first-order valence-corrected chi connectivity index (χ1v) is 10.4. The van der Waals surface area contributed by atoms with Gasteiger partial charge in [0.25, 0.3) is 0 Å². The predicted molar refractivity (Wildman–Crippen MR) is 107 cm³/mol. The van der Waals surface area contributed by atoms with Crippen LogP contribution in [0.3, 0.4) is 0 Å². The number of nitrogens with one attached hydrogen (secondary N) is 1.